The number of rotatable bonds is 3. The van der Waals surface area contributed by atoms with Gasteiger partial charge in [0.25, 0.3) is 0 Å². The summed E-state index contributed by atoms with van der Waals surface area (Å²) < 4.78 is 2.09. The van der Waals surface area contributed by atoms with E-state index in [2.05, 4.69) is 23.4 Å². The zero-order valence-electron chi connectivity index (χ0n) is 7.54. The molecule has 0 aliphatic heterocycles. The van der Waals surface area contributed by atoms with Gasteiger partial charge in [0.1, 0.15) is 0 Å². The number of hydrogen-bond donors (Lipinski definition) is 0. The summed E-state index contributed by atoms with van der Waals surface area (Å²) >= 11 is 0. The fraction of sp³-hybridized carbons (Fsp3) is 0.667. The van der Waals surface area contributed by atoms with Crippen molar-refractivity contribution in [3.05, 3.63) is 18.2 Å². The highest BCUT2D eigenvalue weighted by Crippen LogP contribution is 2.06. The van der Waals surface area contributed by atoms with Crippen LogP contribution in [0.15, 0.2) is 12.5 Å². The first-order chi connectivity index (χ1) is 5.20. The average Bonchev–Trinajstić information content (AvgIpc) is 2.31. The summed E-state index contributed by atoms with van der Waals surface area (Å²) in [5.41, 5.74) is 1.33. The molecule has 0 aliphatic carbocycles. The maximum absolute atomic E-state index is 4.06. The van der Waals surface area contributed by atoms with E-state index in [9.17, 15) is 0 Å². The lowest BCUT2D eigenvalue weighted by Crippen LogP contribution is -1.97. The Kier molecular flexibility index (Phi) is 2.69. The molecule has 0 aliphatic rings. The van der Waals surface area contributed by atoms with Crippen molar-refractivity contribution in [3.8, 4) is 0 Å². The molecular formula is C9H16N2. The molecule has 0 N–H and O–H groups in total. The van der Waals surface area contributed by atoms with Crippen molar-refractivity contribution in [2.45, 2.75) is 26.7 Å². The maximum atomic E-state index is 4.06. The van der Waals surface area contributed by atoms with E-state index in [0.717, 1.165) is 12.3 Å². The molecule has 0 saturated carbocycles. The van der Waals surface area contributed by atoms with E-state index >= 15 is 0 Å². The lowest BCUT2D eigenvalue weighted by molar-refractivity contribution is 0.573. The Labute approximate surface area is 68.3 Å². The first-order valence-corrected chi connectivity index (χ1v) is 4.15. The van der Waals surface area contributed by atoms with Crippen LogP contribution in [0.1, 0.15) is 26.0 Å². The van der Waals surface area contributed by atoms with Gasteiger partial charge in [-0.3, -0.25) is 0 Å². The van der Waals surface area contributed by atoms with Crippen molar-refractivity contribution in [1.82, 2.24) is 9.55 Å². The molecule has 0 spiro atoms. The standard InChI is InChI=1S/C9H16N2/c1-8(2)4-5-9-6-10-7-11(9)3/h6-8H,4-5H2,1-3H3. The third-order valence-electron chi connectivity index (χ3n) is 1.89. The summed E-state index contributed by atoms with van der Waals surface area (Å²) in [5.74, 6) is 0.782. The van der Waals surface area contributed by atoms with Gasteiger partial charge in [-0.1, -0.05) is 13.8 Å². The molecular weight excluding hydrogens is 136 g/mol. The summed E-state index contributed by atoms with van der Waals surface area (Å²) in [4.78, 5) is 4.06. The molecule has 1 heterocycles. The minimum absolute atomic E-state index is 0.782. The van der Waals surface area contributed by atoms with Gasteiger partial charge in [-0.05, 0) is 18.8 Å². The number of aryl methyl sites for hydroxylation is 2. The van der Waals surface area contributed by atoms with E-state index < -0.39 is 0 Å². The van der Waals surface area contributed by atoms with E-state index in [1.807, 2.05) is 19.6 Å². The van der Waals surface area contributed by atoms with Crippen molar-refractivity contribution in [2.75, 3.05) is 0 Å². The fourth-order valence-corrected chi connectivity index (χ4v) is 1.06. The number of hydrogen-bond acceptors (Lipinski definition) is 1. The molecule has 2 heteroatoms. The molecule has 0 fully saturated rings. The number of aromatic nitrogens is 2. The SMILES string of the molecule is CC(C)CCc1cncn1C. The van der Waals surface area contributed by atoms with Crippen molar-refractivity contribution < 1.29 is 0 Å². The van der Waals surface area contributed by atoms with Gasteiger partial charge in [-0.2, -0.15) is 0 Å². The Hall–Kier alpha value is -0.790. The van der Waals surface area contributed by atoms with E-state index in [1.165, 1.54) is 12.1 Å². The van der Waals surface area contributed by atoms with Gasteiger partial charge >= 0.3 is 0 Å². The summed E-state index contributed by atoms with van der Waals surface area (Å²) in [6.07, 6.45) is 6.20. The molecule has 1 rings (SSSR count). The van der Waals surface area contributed by atoms with Gasteiger partial charge in [-0.25, -0.2) is 4.98 Å². The smallest absolute Gasteiger partial charge is 0.0945 e. The van der Waals surface area contributed by atoms with Gasteiger partial charge < -0.3 is 4.57 Å². The van der Waals surface area contributed by atoms with Crippen molar-refractivity contribution in [3.63, 3.8) is 0 Å². The second kappa shape index (κ2) is 3.56. The van der Waals surface area contributed by atoms with Crippen LogP contribution in [0.2, 0.25) is 0 Å². The van der Waals surface area contributed by atoms with Crippen LogP contribution in [0.5, 0.6) is 0 Å². The van der Waals surface area contributed by atoms with E-state index in [0.29, 0.717) is 0 Å². The third-order valence-corrected chi connectivity index (χ3v) is 1.89. The second-order valence-electron chi connectivity index (χ2n) is 3.43. The van der Waals surface area contributed by atoms with Crippen LogP contribution in [0.3, 0.4) is 0 Å². The highest BCUT2D eigenvalue weighted by Gasteiger charge is 1.99. The van der Waals surface area contributed by atoms with Crippen LogP contribution in [-0.2, 0) is 13.5 Å². The Morgan fingerprint density at radius 2 is 2.27 bits per heavy atom. The Morgan fingerprint density at radius 1 is 1.55 bits per heavy atom. The summed E-state index contributed by atoms with van der Waals surface area (Å²) in [5, 5.41) is 0. The van der Waals surface area contributed by atoms with Crippen molar-refractivity contribution in [1.29, 1.82) is 0 Å². The van der Waals surface area contributed by atoms with Crippen LogP contribution in [0.25, 0.3) is 0 Å². The summed E-state index contributed by atoms with van der Waals surface area (Å²) in [6.45, 7) is 4.49. The minimum atomic E-state index is 0.782. The number of nitrogens with zero attached hydrogens (tertiary/aromatic N) is 2. The third kappa shape index (κ3) is 2.37. The first kappa shape index (κ1) is 8.31. The molecule has 0 radical (unpaired) electrons. The molecule has 1 aromatic heterocycles. The molecule has 0 atom stereocenters. The van der Waals surface area contributed by atoms with Gasteiger partial charge in [0, 0.05) is 18.9 Å². The summed E-state index contributed by atoms with van der Waals surface area (Å²) in [6, 6.07) is 0. The lowest BCUT2D eigenvalue weighted by Gasteiger charge is -2.04. The van der Waals surface area contributed by atoms with Crippen LogP contribution in [0.4, 0.5) is 0 Å². The van der Waals surface area contributed by atoms with Crippen LogP contribution >= 0.6 is 0 Å². The topological polar surface area (TPSA) is 17.8 Å². The zero-order valence-corrected chi connectivity index (χ0v) is 7.54. The number of imidazole rings is 1. The zero-order chi connectivity index (χ0) is 8.27. The first-order valence-electron chi connectivity index (χ1n) is 4.15. The van der Waals surface area contributed by atoms with Crippen LogP contribution in [0, 0.1) is 5.92 Å². The summed E-state index contributed by atoms with van der Waals surface area (Å²) in [7, 11) is 2.04. The Balaban J connectivity index is 2.44. The highest BCUT2D eigenvalue weighted by atomic mass is 15.0. The molecule has 62 valence electrons. The maximum Gasteiger partial charge on any atom is 0.0945 e. The predicted octanol–water partition coefficient (Wildman–Crippen LogP) is 2.01. The van der Waals surface area contributed by atoms with Gasteiger partial charge in [0.2, 0.25) is 0 Å². The van der Waals surface area contributed by atoms with Gasteiger partial charge in [-0.15, -0.1) is 0 Å². The Bertz CT molecular complexity index is 213. The largest absolute Gasteiger partial charge is 0.338 e. The molecule has 1 aromatic rings. The molecule has 0 bridgehead atoms. The van der Waals surface area contributed by atoms with Crippen LogP contribution in [-0.4, -0.2) is 9.55 Å². The van der Waals surface area contributed by atoms with Crippen LogP contribution < -0.4 is 0 Å². The molecule has 2 nitrogen and oxygen atoms in total. The average molecular weight is 152 g/mol. The van der Waals surface area contributed by atoms with Crippen molar-refractivity contribution in [2.24, 2.45) is 13.0 Å². The van der Waals surface area contributed by atoms with E-state index in [1.54, 1.807) is 0 Å². The second-order valence-corrected chi connectivity index (χ2v) is 3.43. The lowest BCUT2D eigenvalue weighted by atomic mass is 10.1. The molecule has 11 heavy (non-hydrogen) atoms. The monoisotopic (exact) mass is 152 g/mol. The molecule has 0 unspecified atom stereocenters. The highest BCUT2D eigenvalue weighted by molar-refractivity contribution is 4.97. The predicted molar refractivity (Wildman–Crippen MR) is 46.4 cm³/mol. The van der Waals surface area contributed by atoms with E-state index in [4.69, 9.17) is 0 Å². The quantitative estimate of drug-likeness (QED) is 0.647. The normalized spacial score (nSPS) is 10.9. The fourth-order valence-electron chi connectivity index (χ4n) is 1.06. The van der Waals surface area contributed by atoms with Gasteiger partial charge in [0.15, 0.2) is 0 Å². The van der Waals surface area contributed by atoms with Crippen molar-refractivity contribution >= 4 is 0 Å². The molecule has 0 aromatic carbocycles. The molecule has 0 saturated heterocycles. The van der Waals surface area contributed by atoms with Gasteiger partial charge in [0.05, 0.1) is 6.33 Å². The minimum Gasteiger partial charge on any atom is -0.338 e. The molecule has 0 amide bonds. The van der Waals surface area contributed by atoms with E-state index in [-0.39, 0.29) is 0 Å². The Morgan fingerprint density at radius 3 is 2.73 bits per heavy atom.